The predicted octanol–water partition coefficient (Wildman–Crippen LogP) is 4.36. The summed E-state index contributed by atoms with van der Waals surface area (Å²) in [4.78, 5) is 20.5. The van der Waals surface area contributed by atoms with Gasteiger partial charge in [0.1, 0.15) is 11.5 Å². The van der Waals surface area contributed by atoms with Crippen molar-refractivity contribution in [3.05, 3.63) is 67.4 Å². The van der Waals surface area contributed by atoms with Crippen molar-refractivity contribution in [3.63, 3.8) is 0 Å². The Morgan fingerprint density at radius 2 is 1.90 bits per heavy atom. The van der Waals surface area contributed by atoms with Crippen LogP contribution in [0.1, 0.15) is 0 Å². The van der Waals surface area contributed by atoms with E-state index in [0.717, 1.165) is 11.1 Å². The Hall–Kier alpha value is -4.40. The molecular weight excluding hydrogens is 385 g/mol. The van der Waals surface area contributed by atoms with Crippen molar-refractivity contribution in [3.8, 4) is 33.8 Å². The van der Waals surface area contributed by atoms with Crippen LogP contribution in [0.15, 0.2) is 66.0 Å². The number of nitrogens with zero attached hydrogens (tertiary/aromatic N) is 5. The number of aromatic nitrogens is 7. The van der Waals surface area contributed by atoms with Crippen molar-refractivity contribution in [1.29, 1.82) is 0 Å². The molecular formula is C21H12FN7O. The zero-order valence-electron chi connectivity index (χ0n) is 15.3. The standard InChI is InChI=1S/C21H12FN7O/c22-16-14(11-2-1-5-23-8-11)9-25-19-15(16)18(28-29-19)21-26-17-13(12-4-7-30-10-12)3-6-24-20(17)27-21/h1-10H,(H,24,26,27)(H,25,28,29). The molecule has 8 nitrogen and oxygen atoms in total. The molecule has 6 aromatic rings. The summed E-state index contributed by atoms with van der Waals surface area (Å²) in [6.45, 7) is 0. The van der Waals surface area contributed by atoms with Crippen LogP contribution < -0.4 is 0 Å². The van der Waals surface area contributed by atoms with Gasteiger partial charge in [0, 0.05) is 47.0 Å². The summed E-state index contributed by atoms with van der Waals surface area (Å²) in [6, 6.07) is 7.24. The number of hydrogen-bond donors (Lipinski definition) is 2. The summed E-state index contributed by atoms with van der Waals surface area (Å²) in [6.07, 6.45) is 9.59. The normalized spacial score (nSPS) is 11.5. The van der Waals surface area contributed by atoms with Gasteiger partial charge in [0.2, 0.25) is 0 Å². The highest BCUT2D eigenvalue weighted by Crippen LogP contribution is 2.33. The van der Waals surface area contributed by atoms with Crippen molar-refractivity contribution in [1.82, 2.24) is 35.1 Å². The average Bonchev–Trinajstić information content (AvgIpc) is 3.53. The Morgan fingerprint density at radius 1 is 0.933 bits per heavy atom. The molecule has 0 aliphatic carbocycles. The number of imidazole rings is 1. The molecule has 2 N–H and O–H groups in total. The van der Waals surface area contributed by atoms with E-state index >= 15 is 4.39 Å². The van der Waals surface area contributed by atoms with Crippen molar-refractivity contribution < 1.29 is 8.81 Å². The van der Waals surface area contributed by atoms with Crippen molar-refractivity contribution in [2.24, 2.45) is 0 Å². The fourth-order valence-corrected chi connectivity index (χ4v) is 3.53. The van der Waals surface area contributed by atoms with Crippen LogP contribution in [0.25, 0.3) is 56.0 Å². The first-order valence-electron chi connectivity index (χ1n) is 9.10. The molecule has 0 radical (unpaired) electrons. The minimum Gasteiger partial charge on any atom is -0.472 e. The largest absolute Gasteiger partial charge is 0.472 e. The number of nitrogens with one attached hydrogen (secondary N) is 2. The van der Waals surface area contributed by atoms with Gasteiger partial charge in [-0.25, -0.2) is 19.3 Å². The van der Waals surface area contributed by atoms with Crippen LogP contribution in [0.4, 0.5) is 4.39 Å². The van der Waals surface area contributed by atoms with Crippen LogP contribution in [-0.4, -0.2) is 35.1 Å². The Bertz CT molecular complexity index is 1500. The zero-order chi connectivity index (χ0) is 20.1. The molecule has 0 saturated heterocycles. The average molecular weight is 397 g/mol. The maximum absolute atomic E-state index is 15.5. The summed E-state index contributed by atoms with van der Waals surface area (Å²) in [5.74, 6) is -0.0276. The molecule has 6 heterocycles. The molecule has 0 aliphatic rings. The summed E-state index contributed by atoms with van der Waals surface area (Å²) in [5.41, 5.74) is 4.62. The quantitative estimate of drug-likeness (QED) is 0.459. The summed E-state index contributed by atoms with van der Waals surface area (Å²) in [5, 5.41) is 7.25. The fraction of sp³-hybridized carbons (Fsp3) is 0. The van der Waals surface area contributed by atoms with Crippen LogP contribution in [0.3, 0.4) is 0 Å². The van der Waals surface area contributed by atoms with Crippen molar-refractivity contribution in [2.75, 3.05) is 0 Å². The highest BCUT2D eigenvalue weighted by atomic mass is 19.1. The van der Waals surface area contributed by atoms with Crippen LogP contribution in [0.2, 0.25) is 0 Å². The van der Waals surface area contributed by atoms with E-state index in [-0.39, 0.29) is 11.0 Å². The number of fused-ring (bicyclic) bond motifs is 2. The molecule has 30 heavy (non-hydrogen) atoms. The minimum atomic E-state index is -0.444. The second-order valence-corrected chi connectivity index (χ2v) is 6.68. The first-order valence-corrected chi connectivity index (χ1v) is 9.10. The molecule has 6 rings (SSSR count). The Kier molecular flexibility index (Phi) is 3.48. The molecule has 0 unspecified atom stereocenters. The highest BCUT2D eigenvalue weighted by molar-refractivity contribution is 5.96. The molecule has 144 valence electrons. The second kappa shape index (κ2) is 6.31. The summed E-state index contributed by atoms with van der Waals surface area (Å²) >= 11 is 0. The predicted molar refractivity (Wildman–Crippen MR) is 108 cm³/mol. The lowest BCUT2D eigenvalue weighted by molar-refractivity contribution is 0.568. The fourth-order valence-electron chi connectivity index (χ4n) is 3.53. The van der Waals surface area contributed by atoms with Gasteiger partial charge in [-0.2, -0.15) is 5.10 Å². The third-order valence-corrected chi connectivity index (χ3v) is 4.95. The van der Waals surface area contributed by atoms with E-state index in [1.54, 1.807) is 43.2 Å². The summed E-state index contributed by atoms with van der Waals surface area (Å²) in [7, 11) is 0. The number of pyridine rings is 3. The van der Waals surface area contributed by atoms with E-state index in [4.69, 9.17) is 4.42 Å². The maximum Gasteiger partial charge on any atom is 0.184 e. The van der Waals surface area contributed by atoms with Gasteiger partial charge in [0.05, 0.1) is 23.4 Å². The van der Waals surface area contributed by atoms with E-state index in [1.807, 2.05) is 12.1 Å². The van der Waals surface area contributed by atoms with Crippen molar-refractivity contribution >= 4 is 22.2 Å². The van der Waals surface area contributed by atoms with Gasteiger partial charge in [-0.1, -0.05) is 6.07 Å². The second-order valence-electron chi connectivity index (χ2n) is 6.68. The van der Waals surface area contributed by atoms with Crippen LogP contribution in [0, 0.1) is 5.82 Å². The van der Waals surface area contributed by atoms with Crippen LogP contribution >= 0.6 is 0 Å². The molecule has 0 aromatic carbocycles. The molecule has 0 saturated carbocycles. The minimum absolute atomic E-state index is 0.250. The molecule has 0 amide bonds. The molecule has 9 heteroatoms. The first-order chi connectivity index (χ1) is 14.8. The molecule has 0 spiro atoms. The van der Waals surface area contributed by atoms with E-state index in [2.05, 4.69) is 35.1 Å². The lowest BCUT2D eigenvalue weighted by Crippen LogP contribution is -1.91. The van der Waals surface area contributed by atoms with Gasteiger partial charge in [-0.15, -0.1) is 0 Å². The zero-order valence-corrected chi connectivity index (χ0v) is 15.3. The molecule has 0 bridgehead atoms. The van der Waals surface area contributed by atoms with Crippen LogP contribution in [0.5, 0.6) is 0 Å². The number of aromatic amines is 2. The van der Waals surface area contributed by atoms with E-state index in [9.17, 15) is 0 Å². The first kappa shape index (κ1) is 16.5. The number of hydrogen-bond acceptors (Lipinski definition) is 6. The van der Waals surface area contributed by atoms with E-state index in [1.165, 1.54) is 6.20 Å². The third kappa shape index (κ3) is 2.42. The Balaban J connectivity index is 1.57. The third-order valence-electron chi connectivity index (χ3n) is 4.95. The summed E-state index contributed by atoms with van der Waals surface area (Å²) < 4.78 is 20.7. The molecule has 0 fully saturated rings. The number of rotatable bonds is 3. The van der Waals surface area contributed by atoms with Crippen LogP contribution in [-0.2, 0) is 0 Å². The van der Waals surface area contributed by atoms with Crippen molar-refractivity contribution in [2.45, 2.75) is 0 Å². The topological polar surface area (TPSA) is 109 Å². The number of halogens is 1. The van der Waals surface area contributed by atoms with Gasteiger partial charge < -0.3 is 9.40 Å². The molecule has 0 aliphatic heterocycles. The number of H-pyrrole nitrogens is 2. The monoisotopic (exact) mass is 397 g/mol. The molecule has 6 aromatic heterocycles. The lowest BCUT2D eigenvalue weighted by Gasteiger charge is -2.03. The Labute approximate surface area is 167 Å². The van der Waals surface area contributed by atoms with Gasteiger partial charge >= 0.3 is 0 Å². The molecule has 0 atom stereocenters. The maximum atomic E-state index is 15.5. The van der Waals surface area contributed by atoms with Gasteiger partial charge in [0.25, 0.3) is 0 Å². The smallest absolute Gasteiger partial charge is 0.184 e. The van der Waals surface area contributed by atoms with Gasteiger partial charge in [-0.05, 0) is 18.2 Å². The Morgan fingerprint density at radius 3 is 2.73 bits per heavy atom. The van der Waals surface area contributed by atoms with E-state index in [0.29, 0.717) is 33.8 Å². The highest BCUT2D eigenvalue weighted by Gasteiger charge is 2.21. The number of furan rings is 1. The van der Waals surface area contributed by atoms with E-state index < -0.39 is 5.82 Å². The SMILES string of the molecule is Fc1c(-c2cccnc2)cnc2n[nH]c(-c3nc4nccc(-c5ccoc5)c4[nH]3)c12. The van der Waals surface area contributed by atoms with Gasteiger partial charge in [0.15, 0.2) is 17.1 Å². The van der Waals surface area contributed by atoms with Gasteiger partial charge in [-0.3, -0.25) is 10.1 Å². The lowest BCUT2D eigenvalue weighted by atomic mass is 10.1.